The van der Waals surface area contributed by atoms with Gasteiger partial charge in [0.25, 0.3) is 0 Å². The molecule has 0 aliphatic rings. The summed E-state index contributed by atoms with van der Waals surface area (Å²) in [6.07, 6.45) is 1.72. The van der Waals surface area contributed by atoms with Crippen molar-refractivity contribution in [2.24, 2.45) is 0 Å². The molecule has 0 saturated carbocycles. The summed E-state index contributed by atoms with van der Waals surface area (Å²) < 4.78 is 5.96. The van der Waals surface area contributed by atoms with Crippen molar-refractivity contribution in [2.45, 2.75) is 19.8 Å². The number of anilines is 4. The second-order valence-electron chi connectivity index (χ2n) is 7.00. The fourth-order valence-electron chi connectivity index (χ4n) is 2.94. The molecule has 3 aromatic rings. The summed E-state index contributed by atoms with van der Waals surface area (Å²) in [5, 5.41) is 13.1. The first-order valence-corrected chi connectivity index (χ1v) is 9.80. The molecule has 1 aromatic heterocycles. The normalized spacial score (nSPS) is 10.5. The molecule has 0 radical (unpaired) electrons. The lowest BCUT2D eigenvalue weighted by molar-refractivity contribution is 0.482. The van der Waals surface area contributed by atoms with Crippen LogP contribution in [-0.2, 0) is 0 Å². The summed E-state index contributed by atoms with van der Waals surface area (Å²) in [7, 11) is 3.73. The Kier molecular flexibility index (Phi) is 6.79. The van der Waals surface area contributed by atoms with Gasteiger partial charge in [0.15, 0.2) is 0 Å². The maximum absolute atomic E-state index is 5.96. The van der Waals surface area contributed by atoms with Crippen molar-refractivity contribution in [1.82, 2.24) is 4.98 Å². The topological polar surface area (TPSA) is 70.2 Å². The average Bonchev–Trinajstić information content (AvgIpc) is 2.75. The second kappa shape index (κ2) is 9.68. The van der Waals surface area contributed by atoms with Crippen molar-refractivity contribution in [3.05, 3.63) is 66.4 Å². The van der Waals surface area contributed by atoms with E-state index in [1.54, 1.807) is 6.20 Å². The van der Waals surface area contributed by atoms with Crippen molar-refractivity contribution in [3.8, 4) is 11.5 Å². The molecule has 6 heteroatoms. The van der Waals surface area contributed by atoms with Gasteiger partial charge in [0, 0.05) is 38.1 Å². The van der Waals surface area contributed by atoms with Crippen molar-refractivity contribution < 1.29 is 4.74 Å². The van der Waals surface area contributed by atoms with Crippen LogP contribution in [0.5, 0.6) is 11.5 Å². The van der Waals surface area contributed by atoms with Crippen molar-refractivity contribution in [2.75, 3.05) is 42.0 Å². The van der Waals surface area contributed by atoms with Gasteiger partial charge in [-0.05, 0) is 41.8 Å². The third-order valence-electron chi connectivity index (χ3n) is 4.61. The van der Waals surface area contributed by atoms with Crippen LogP contribution in [0.1, 0.15) is 25.3 Å². The zero-order valence-electron chi connectivity index (χ0n) is 17.4. The Labute approximate surface area is 172 Å². The lowest BCUT2D eigenvalue weighted by atomic mass is 10.0. The van der Waals surface area contributed by atoms with E-state index in [1.165, 1.54) is 5.56 Å². The van der Waals surface area contributed by atoms with E-state index >= 15 is 0 Å². The third kappa shape index (κ3) is 5.54. The zero-order chi connectivity index (χ0) is 20.6. The molecular formula is C23H29N5O. The average molecular weight is 392 g/mol. The maximum Gasteiger partial charge on any atom is 0.132 e. The van der Waals surface area contributed by atoms with Crippen molar-refractivity contribution in [3.63, 3.8) is 0 Å². The summed E-state index contributed by atoms with van der Waals surface area (Å²) in [6, 6.07) is 18.1. The molecule has 0 atom stereocenters. The van der Waals surface area contributed by atoms with Gasteiger partial charge >= 0.3 is 0 Å². The van der Waals surface area contributed by atoms with E-state index in [2.05, 4.69) is 64.4 Å². The van der Waals surface area contributed by atoms with Crippen LogP contribution in [0.4, 0.5) is 22.9 Å². The largest absolute Gasteiger partial charge is 0.457 e. The minimum absolute atomic E-state index is 0.512. The highest BCUT2D eigenvalue weighted by molar-refractivity contribution is 5.71. The molecule has 0 aliphatic heterocycles. The molecule has 152 valence electrons. The van der Waals surface area contributed by atoms with Crippen LogP contribution in [0.3, 0.4) is 0 Å². The molecule has 0 aliphatic carbocycles. The molecule has 6 nitrogen and oxygen atoms in total. The molecule has 0 saturated heterocycles. The number of hydrogen-bond donors (Lipinski definition) is 4. The van der Waals surface area contributed by atoms with E-state index in [9.17, 15) is 0 Å². The Morgan fingerprint density at radius 1 is 0.862 bits per heavy atom. The molecule has 1 heterocycles. The number of nitrogens with zero attached hydrogens (tertiary/aromatic N) is 1. The fourth-order valence-corrected chi connectivity index (χ4v) is 2.94. The van der Waals surface area contributed by atoms with Gasteiger partial charge in [0.2, 0.25) is 0 Å². The molecule has 2 aromatic carbocycles. The van der Waals surface area contributed by atoms with Crippen molar-refractivity contribution >= 4 is 22.9 Å². The molecule has 0 bridgehead atoms. The van der Waals surface area contributed by atoms with Gasteiger partial charge in [0.1, 0.15) is 17.3 Å². The minimum atomic E-state index is 0.512. The van der Waals surface area contributed by atoms with Crippen molar-refractivity contribution in [1.29, 1.82) is 0 Å². The Bertz CT molecular complexity index is 942. The Hall–Kier alpha value is -3.41. The van der Waals surface area contributed by atoms with Crippen LogP contribution in [0.2, 0.25) is 0 Å². The van der Waals surface area contributed by atoms with E-state index in [0.717, 1.165) is 34.4 Å². The van der Waals surface area contributed by atoms with E-state index < -0.39 is 0 Å². The quantitative estimate of drug-likeness (QED) is 0.358. The molecule has 29 heavy (non-hydrogen) atoms. The van der Waals surface area contributed by atoms with Gasteiger partial charge in [-0.1, -0.05) is 26.0 Å². The molecule has 3 rings (SSSR count). The number of rotatable bonds is 9. The fraction of sp³-hybridized carbons (Fsp3) is 0.261. The van der Waals surface area contributed by atoms with E-state index in [0.29, 0.717) is 12.6 Å². The highest BCUT2D eigenvalue weighted by Gasteiger charge is 2.06. The number of ether oxygens (including phenoxy) is 1. The van der Waals surface area contributed by atoms with Crippen LogP contribution in [-0.4, -0.2) is 25.7 Å². The van der Waals surface area contributed by atoms with Gasteiger partial charge in [0.05, 0.1) is 18.0 Å². The van der Waals surface area contributed by atoms with Gasteiger partial charge in [-0.2, -0.15) is 0 Å². The van der Waals surface area contributed by atoms with E-state index in [1.807, 2.05) is 44.4 Å². The third-order valence-corrected chi connectivity index (χ3v) is 4.61. The smallest absolute Gasteiger partial charge is 0.132 e. The van der Waals surface area contributed by atoms with E-state index in [-0.39, 0.29) is 0 Å². The molecule has 0 amide bonds. The van der Waals surface area contributed by atoms with Gasteiger partial charge in [-0.15, -0.1) is 0 Å². The lowest BCUT2D eigenvalue weighted by Crippen LogP contribution is -2.13. The number of benzene rings is 2. The molecular weight excluding hydrogens is 362 g/mol. The second-order valence-corrected chi connectivity index (χ2v) is 7.00. The summed E-state index contributed by atoms with van der Waals surface area (Å²) in [5.41, 5.74) is 4.39. The molecule has 0 spiro atoms. The van der Waals surface area contributed by atoms with Gasteiger partial charge < -0.3 is 26.0 Å². The van der Waals surface area contributed by atoms with Gasteiger partial charge in [-0.3, -0.25) is 0 Å². The minimum Gasteiger partial charge on any atom is -0.457 e. The summed E-state index contributed by atoms with van der Waals surface area (Å²) >= 11 is 0. The molecule has 0 unspecified atom stereocenters. The molecule has 4 N–H and O–H groups in total. The first-order valence-electron chi connectivity index (χ1n) is 9.80. The number of aromatic nitrogens is 1. The van der Waals surface area contributed by atoms with Crippen LogP contribution < -0.4 is 26.0 Å². The first kappa shape index (κ1) is 20.3. The van der Waals surface area contributed by atoms with Crippen LogP contribution in [0.15, 0.2) is 60.8 Å². The summed E-state index contributed by atoms with van der Waals surface area (Å²) in [4.78, 5) is 4.20. The number of pyridine rings is 1. The lowest BCUT2D eigenvalue weighted by Gasteiger charge is -2.16. The Morgan fingerprint density at radius 3 is 2.45 bits per heavy atom. The standard InChI is InChI=1S/C23H29N5O/c1-16(2)17-6-5-7-18(12-17)27-15-28-21-9-8-19(13-22(21)24-3)29-20-10-11-26-23(14-20)25-4/h5-14,16,24,27-28H,15H2,1-4H3,(H,25,26). The van der Waals surface area contributed by atoms with Gasteiger partial charge in [-0.25, -0.2) is 4.98 Å². The monoisotopic (exact) mass is 391 g/mol. The number of nitrogens with one attached hydrogen (secondary N) is 4. The number of hydrogen-bond acceptors (Lipinski definition) is 6. The zero-order valence-corrected chi connectivity index (χ0v) is 17.4. The SMILES string of the molecule is CNc1cc(Oc2ccc(NCNc3cccc(C(C)C)c3)c(NC)c2)ccn1. The predicted octanol–water partition coefficient (Wildman–Crippen LogP) is 5.56. The summed E-state index contributed by atoms with van der Waals surface area (Å²) in [6.45, 7) is 5.02. The maximum atomic E-state index is 5.96. The van der Waals surface area contributed by atoms with Crippen LogP contribution in [0.25, 0.3) is 0 Å². The summed E-state index contributed by atoms with van der Waals surface area (Å²) in [5.74, 6) is 2.77. The van der Waals surface area contributed by atoms with E-state index in [4.69, 9.17) is 4.74 Å². The Balaban J connectivity index is 1.63. The Morgan fingerprint density at radius 2 is 1.69 bits per heavy atom. The highest BCUT2D eigenvalue weighted by atomic mass is 16.5. The first-order chi connectivity index (χ1) is 14.1. The van der Waals surface area contributed by atoms with Crippen LogP contribution >= 0.6 is 0 Å². The van der Waals surface area contributed by atoms with Crippen LogP contribution in [0, 0.1) is 0 Å². The predicted molar refractivity (Wildman–Crippen MR) is 122 cm³/mol. The highest BCUT2D eigenvalue weighted by Crippen LogP contribution is 2.30. The molecule has 0 fully saturated rings.